The van der Waals surface area contributed by atoms with Gasteiger partial charge in [-0.25, -0.2) is 13.4 Å². The number of ether oxygens (including phenoxy) is 1. The molecular weight excluding hydrogens is 376 g/mol. The van der Waals surface area contributed by atoms with Gasteiger partial charge in [0.2, 0.25) is 0 Å². The summed E-state index contributed by atoms with van der Waals surface area (Å²) < 4.78 is 33.5. The van der Waals surface area contributed by atoms with Crippen LogP contribution in [0.3, 0.4) is 0 Å². The number of aliphatic imine (C=N–C) groups is 1. The largest absolute Gasteiger partial charge is 0.463 e. The van der Waals surface area contributed by atoms with Gasteiger partial charge in [-0.2, -0.15) is 0 Å². The molecule has 0 aliphatic carbocycles. The van der Waals surface area contributed by atoms with Crippen LogP contribution in [0.15, 0.2) is 70.8 Å². The fraction of sp³-hybridized carbons (Fsp3) is 0.200. The van der Waals surface area contributed by atoms with E-state index in [0.717, 1.165) is 23.8 Å². The zero-order valence-electron chi connectivity index (χ0n) is 15.1. The molecule has 0 saturated carbocycles. The minimum Gasteiger partial charge on any atom is -0.463 e. The van der Waals surface area contributed by atoms with Crippen molar-refractivity contribution < 1.29 is 13.2 Å². The summed E-state index contributed by atoms with van der Waals surface area (Å²) in [5.41, 5.74) is 7.13. The van der Waals surface area contributed by atoms with Gasteiger partial charge in [0.25, 0.3) is 16.0 Å². The zero-order valence-corrected chi connectivity index (χ0v) is 15.9. The molecule has 2 aromatic carbocycles. The molecule has 0 fully saturated rings. The van der Waals surface area contributed by atoms with Gasteiger partial charge in [0.1, 0.15) is 6.61 Å². The molecule has 144 valence electrons. The van der Waals surface area contributed by atoms with Crippen LogP contribution in [0.25, 0.3) is 10.8 Å². The van der Waals surface area contributed by atoms with E-state index in [1.807, 2.05) is 18.2 Å². The van der Waals surface area contributed by atoms with Crippen LogP contribution in [0.1, 0.15) is 12.0 Å². The van der Waals surface area contributed by atoms with Gasteiger partial charge in [0, 0.05) is 28.9 Å². The van der Waals surface area contributed by atoms with Gasteiger partial charge >= 0.3 is 0 Å². The lowest BCUT2D eigenvalue weighted by atomic mass is 10.1. The van der Waals surface area contributed by atoms with Gasteiger partial charge in [-0.05, 0) is 42.7 Å². The number of sulfonamides is 1. The van der Waals surface area contributed by atoms with E-state index in [2.05, 4.69) is 14.7 Å². The molecule has 1 aliphatic rings. The number of amidine groups is 1. The molecule has 7 nitrogen and oxygen atoms in total. The van der Waals surface area contributed by atoms with Crippen molar-refractivity contribution in [3.8, 4) is 0 Å². The lowest BCUT2D eigenvalue weighted by Gasteiger charge is -2.11. The number of nitrogens with zero attached hydrogens (tertiary/aromatic N) is 2. The first-order chi connectivity index (χ1) is 13.5. The van der Waals surface area contributed by atoms with Crippen LogP contribution in [0.5, 0.6) is 0 Å². The summed E-state index contributed by atoms with van der Waals surface area (Å²) in [7, 11) is -3.71. The van der Waals surface area contributed by atoms with Crippen molar-refractivity contribution in [2.24, 2.45) is 10.7 Å². The van der Waals surface area contributed by atoms with Crippen molar-refractivity contribution in [2.45, 2.75) is 23.8 Å². The number of rotatable bonds is 6. The van der Waals surface area contributed by atoms with E-state index in [1.54, 1.807) is 42.7 Å². The molecule has 0 radical (unpaired) electrons. The molecule has 0 spiro atoms. The highest BCUT2D eigenvalue weighted by Gasteiger charge is 2.18. The standard InChI is InChI=1S/C20H20N4O3S/c21-20-23-17(13-27-20)9-6-14-4-7-16(8-5-14)24-28(25,26)19-3-1-2-15-12-22-11-10-18(15)19/h1-5,7-8,10-12,17,24H,6,9,13H2,(H2,21,23). The molecule has 0 amide bonds. The van der Waals surface area contributed by atoms with E-state index in [-0.39, 0.29) is 17.0 Å². The first-order valence-electron chi connectivity index (χ1n) is 8.92. The van der Waals surface area contributed by atoms with Gasteiger partial charge in [-0.1, -0.05) is 24.3 Å². The normalized spacial score (nSPS) is 16.6. The summed E-state index contributed by atoms with van der Waals surface area (Å²) in [5.74, 6) is 0. The molecule has 0 saturated heterocycles. The second-order valence-corrected chi connectivity index (χ2v) is 8.28. The maximum atomic E-state index is 12.9. The lowest BCUT2D eigenvalue weighted by Crippen LogP contribution is -2.13. The van der Waals surface area contributed by atoms with E-state index in [0.29, 0.717) is 17.7 Å². The first-order valence-corrected chi connectivity index (χ1v) is 10.4. The van der Waals surface area contributed by atoms with E-state index >= 15 is 0 Å². The number of fused-ring (bicyclic) bond motifs is 1. The summed E-state index contributed by atoms with van der Waals surface area (Å²) >= 11 is 0. The van der Waals surface area contributed by atoms with Gasteiger partial charge in [0.05, 0.1) is 10.9 Å². The van der Waals surface area contributed by atoms with E-state index in [4.69, 9.17) is 10.5 Å². The van der Waals surface area contributed by atoms with Crippen molar-refractivity contribution in [1.29, 1.82) is 0 Å². The van der Waals surface area contributed by atoms with Crippen LogP contribution in [0, 0.1) is 0 Å². The van der Waals surface area contributed by atoms with Crippen molar-refractivity contribution in [1.82, 2.24) is 4.98 Å². The predicted octanol–water partition coefficient (Wildman–Crippen LogP) is 2.68. The molecular formula is C20H20N4O3S. The molecule has 4 rings (SSSR count). The van der Waals surface area contributed by atoms with Crippen molar-refractivity contribution >= 4 is 32.5 Å². The number of hydrogen-bond donors (Lipinski definition) is 2. The number of aryl methyl sites for hydroxylation is 1. The number of anilines is 1. The van der Waals surface area contributed by atoms with Crippen LogP contribution in [-0.4, -0.2) is 32.1 Å². The Bertz CT molecular complexity index is 1120. The van der Waals surface area contributed by atoms with Crippen molar-refractivity contribution in [3.05, 3.63) is 66.5 Å². The Labute approximate surface area is 163 Å². The maximum absolute atomic E-state index is 12.9. The van der Waals surface area contributed by atoms with Crippen molar-refractivity contribution in [3.63, 3.8) is 0 Å². The van der Waals surface area contributed by atoms with Gasteiger partial charge in [-0.3, -0.25) is 9.71 Å². The third kappa shape index (κ3) is 3.91. The molecule has 8 heteroatoms. The molecule has 1 aliphatic heterocycles. The Balaban J connectivity index is 1.47. The number of hydrogen-bond acceptors (Lipinski definition) is 6. The minimum atomic E-state index is -3.71. The average molecular weight is 396 g/mol. The second kappa shape index (κ2) is 7.47. The Hall–Kier alpha value is -3.13. The highest BCUT2D eigenvalue weighted by Crippen LogP contribution is 2.24. The smallest absolute Gasteiger partial charge is 0.282 e. The molecule has 2 heterocycles. The quantitative estimate of drug-likeness (QED) is 0.666. The average Bonchev–Trinajstić information content (AvgIpc) is 3.12. The number of benzene rings is 2. The Morgan fingerprint density at radius 3 is 2.71 bits per heavy atom. The zero-order chi connectivity index (χ0) is 19.6. The number of nitrogens with one attached hydrogen (secondary N) is 1. The van der Waals surface area contributed by atoms with E-state index < -0.39 is 10.0 Å². The number of pyridine rings is 1. The monoisotopic (exact) mass is 396 g/mol. The third-order valence-electron chi connectivity index (χ3n) is 4.64. The molecule has 1 unspecified atom stereocenters. The topological polar surface area (TPSA) is 107 Å². The molecule has 3 N–H and O–H groups in total. The molecule has 3 aromatic rings. The van der Waals surface area contributed by atoms with Crippen LogP contribution >= 0.6 is 0 Å². The highest BCUT2D eigenvalue weighted by atomic mass is 32.2. The number of nitrogens with two attached hydrogens (primary N) is 1. The molecule has 1 aromatic heterocycles. The van der Waals surface area contributed by atoms with Gasteiger partial charge in [-0.15, -0.1) is 0 Å². The molecule has 0 bridgehead atoms. The summed E-state index contributed by atoms with van der Waals surface area (Å²) in [5, 5.41) is 1.42. The van der Waals surface area contributed by atoms with E-state index in [1.165, 1.54) is 0 Å². The van der Waals surface area contributed by atoms with Crippen LogP contribution < -0.4 is 10.5 Å². The van der Waals surface area contributed by atoms with Crippen LogP contribution in [-0.2, 0) is 21.2 Å². The fourth-order valence-corrected chi connectivity index (χ4v) is 4.48. The van der Waals surface area contributed by atoms with Crippen LogP contribution in [0.2, 0.25) is 0 Å². The lowest BCUT2D eigenvalue weighted by molar-refractivity contribution is 0.308. The summed E-state index contributed by atoms with van der Waals surface area (Å²) in [6.07, 6.45) is 4.88. The Kier molecular flexibility index (Phi) is 4.87. The van der Waals surface area contributed by atoms with Gasteiger partial charge in [0.15, 0.2) is 0 Å². The summed E-state index contributed by atoms with van der Waals surface area (Å²) in [6, 6.07) is 14.5. The Morgan fingerprint density at radius 1 is 1.14 bits per heavy atom. The molecule has 1 atom stereocenters. The molecule has 28 heavy (non-hydrogen) atoms. The summed E-state index contributed by atoms with van der Waals surface area (Å²) in [6.45, 7) is 0.518. The minimum absolute atomic E-state index is 0.0824. The van der Waals surface area contributed by atoms with Crippen molar-refractivity contribution in [2.75, 3.05) is 11.3 Å². The van der Waals surface area contributed by atoms with E-state index in [9.17, 15) is 8.42 Å². The predicted molar refractivity (Wildman–Crippen MR) is 109 cm³/mol. The first kappa shape index (κ1) is 18.2. The summed E-state index contributed by atoms with van der Waals surface area (Å²) in [4.78, 5) is 8.48. The maximum Gasteiger partial charge on any atom is 0.282 e. The third-order valence-corrected chi connectivity index (χ3v) is 6.08. The Morgan fingerprint density at radius 2 is 1.96 bits per heavy atom. The SMILES string of the molecule is NC1=NC(CCc2ccc(NS(=O)(=O)c3cccc4cnccc34)cc2)CO1. The van der Waals surface area contributed by atoms with Crippen LogP contribution in [0.4, 0.5) is 5.69 Å². The van der Waals surface area contributed by atoms with Gasteiger partial charge < -0.3 is 10.5 Å². The highest BCUT2D eigenvalue weighted by molar-refractivity contribution is 7.93. The fourth-order valence-electron chi connectivity index (χ4n) is 3.19. The second-order valence-electron chi connectivity index (χ2n) is 6.63. The number of aromatic nitrogens is 1.